The molecule has 2 amide bonds. The minimum Gasteiger partial charge on any atom is -0.391 e. The first kappa shape index (κ1) is 28.3. The number of benzene rings is 3. The van der Waals surface area contributed by atoms with Crippen LogP contribution in [0.2, 0.25) is 0 Å². The molecule has 0 bridgehead atoms. The number of aliphatic hydroxyl groups excluding tert-OH is 1. The van der Waals surface area contributed by atoms with Gasteiger partial charge < -0.3 is 15.7 Å². The second-order valence-corrected chi connectivity index (χ2v) is 8.22. The third-order valence-corrected chi connectivity index (χ3v) is 5.52. The van der Waals surface area contributed by atoms with E-state index in [0.717, 1.165) is 24.2 Å². The van der Waals surface area contributed by atoms with Gasteiger partial charge in [-0.1, -0.05) is 55.7 Å². The van der Waals surface area contributed by atoms with Gasteiger partial charge in [0.25, 0.3) is 11.8 Å². The van der Waals surface area contributed by atoms with Crippen LogP contribution in [0.15, 0.2) is 72.8 Å². The number of carbonyl (C=O) groups is 2. The number of amides is 2. The number of aliphatic hydroxyl groups is 1. The first-order valence-electron chi connectivity index (χ1n) is 11.3. The van der Waals surface area contributed by atoms with E-state index in [9.17, 15) is 14.7 Å². The second-order valence-electron chi connectivity index (χ2n) is 8.22. The van der Waals surface area contributed by atoms with Gasteiger partial charge >= 0.3 is 0 Å². The van der Waals surface area contributed by atoms with Gasteiger partial charge in [0, 0.05) is 29.8 Å². The number of nitrogens with one attached hydrogen (secondary N) is 3. The van der Waals surface area contributed by atoms with Crippen LogP contribution in [0.25, 0.3) is 0 Å². The SMILES string of the molecule is C.Cc1ccccc1CNCc1ccc(C#Cc2ccc(C(=O)N[C@H](C(=O)NO)[C@@H](C)O)cc2)cc1. The number of hydrogen-bond donors (Lipinski definition) is 5. The van der Waals surface area contributed by atoms with Crippen molar-refractivity contribution < 1.29 is 19.9 Å². The van der Waals surface area contributed by atoms with E-state index in [4.69, 9.17) is 5.21 Å². The Labute approximate surface area is 212 Å². The molecule has 0 fully saturated rings. The summed E-state index contributed by atoms with van der Waals surface area (Å²) in [5, 5.41) is 24.2. The first-order valence-corrected chi connectivity index (χ1v) is 11.3. The summed E-state index contributed by atoms with van der Waals surface area (Å²) in [6, 6.07) is 21.7. The van der Waals surface area contributed by atoms with E-state index in [1.165, 1.54) is 29.1 Å². The van der Waals surface area contributed by atoms with Crippen molar-refractivity contribution in [3.63, 3.8) is 0 Å². The molecule has 36 heavy (non-hydrogen) atoms. The van der Waals surface area contributed by atoms with Crippen molar-refractivity contribution in [2.24, 2.45) is 0 Å². The highest BCUT2D eigenvalue weighted by atomic mass is 16.5. The third kappa shape index (κ3) is 8.07. The summed E-state index contributed by atoms with van der Waals surface area (Å²) in [4.78, 5) is 23.9. The van der Waals surface area contributed by atoms with E-state index >= 15 is 0 Å². The number of rotatable bonds is 8. The second kappa shape index (κ2) is 13.8. The summed E-state index contributed by atoms with van der Waals surface area (Å²) in [6.07, 6.45) is -1.17. The number of carbonyl (C=O) groups excluding carboxylic acids is 2. The molecule has 0 heterocycles. The maximum Gasteiger partial charge on any atom is 0.268 e. The molecule has 5 N–H and O–H groups in total. The third-order valence-electron chi connectivity index (χ3n) is 5.52. The Kier molecular flexibility index (Phi) is 10.8. The minimum atomic E-state index is -1.27. The Morgan fingerprint density at radius 1 is 0.889 bits per heavy atom. The van der Waals surface area contributed by atoms with Gasteiger partial charge in [-0.15, -0.1) is 0 Å². The summed E-state index contributed by atoms with van der Waals surface area (Å²) in [6.45, 7) is 5.03. The summed E-state index contributed by atoms with van der Waals surface area (Å²) >= 11 is 0. The van der Waals surface area contributed by atoms with E-state index in [0.29, 0.717) is 5.56 Å². The predicted octanol–water partition coefficient (Wildman–Crippen LogP) is 3.31. The molecule has 0 saturated heterocycles. The fourth-order valence-corrected chi connectivity index (χ4v) is 3.40. The first-order chi connectivity index (χ1) is 16.9. The molecule has 2 atom stereocenters. The Balaban J connectivity index is 0.00000456. The Bertz CT molecular complexity index is 1210. The fourth-order valence-electron chi connectivity index (χ4n) is 3.40. The van der Waals surface area contributed by atoms with Crippen molar-refractivity contribution in [1.82, 2.24) is 16.1 Å². The molecule has 3 aromatic rings. The summed E-state index contributed by atoms with van der Waals surface area (Å²) < 4.78 is 0. The molecule has 0 aliphatic rings. The molecule has 3 rings (SSSR count). The van der Waals surface area contributed by atoms with Crippen LogP contribution in [0.5, 0.6) is 0 Å². The zero-order chi connectivity index (χ0) is 25.2. The molecule has 0 aromatic heterocycles. The van der Waals surface area contributed by atoms with E-state index in [1.807, 2.05) is 36.4 Å². The van der Waals surface area contributed by atoms with Gasteiger partial charge in [0.1, 0.15) is 6.04 Å². The van der Waals surface area contributed by atoms with Crippen LogP contribution in [0.1, 0.15) is 52.5 Å². The normalized spacial score (nSPS) is 11.8. The van der Waals surface area contributed by atoms with Crippen molar-refractivity contribution in [1.29, 1.82) is 0 Å². The number of hydrogen-bond acceptors (Lipinski definition) is 5. The molecule has 0 aliphatic carbocycles. The maximum absolute atomic E-state index is 12.3. The molecule has 0 saturated carbocycles. The van der Waals surface area contributed by atoms with Crippen molar-refractivity contribution in [3.05, 3.63) is 106 Å². The van der Waals surface area contributed by atoms with Crippen molar-refractivity contribution in [3.8, 4) is 11.8 Å². The van der Waals surface area contributed by atoms with Gasteiger partial charge in [-0.05, 0) is 66.9 Å². The molecule has 188 valence electrons. The van der Waals surface area contributed by atoms with Crippen molar-refractivity contribution in [2.45, 2.75) is 46.5 Å². The van der Waals surface area contributed by atoms with Gasteiger partial charge in [-0.25, -0.2) is 5.48 Å². The highest BCUT2D eigenvalue weighted by Crippen LogP contribution is 2.09. The summed E-state index contributed by atoms with van der Waals surface area (Å²) in [5.41, 5.74) is 7.07. The van der Waals surface area contributed by atoms with Gasteiger partial charge in [-0.2, -0.15) is 0 Å². The number of aryl methyl sites for hydroxylation is 1. The van der Waals surface area contributed by atoms with Crippen LogP contribution in [0.3, 0.4) is 0 Å². The van der Waals surface area contributed by atoms with Crippen LogP contribution in [0.4, 0.5) is 0 Å². The lowest BCUT2D eigenvalue weighted by atomic mass is 10.1. The zero-order valence-electron chi connectivity index (χ0n) is 19.7. The average molecular weight is 488 g/mol. The quantitative estimate of drug-likeness (QED) is 0.190. The Morgan fingerprint density at radius 2 is 1.47 bits per heavy atom. The molecule has 0 spiro atoms. The van der Waals surface area contributed by atoms with E-state index in [2.05, 4.69) is 41.5 Å². The molecule has 3 aromatic carbocycles. The van der Waals surface area contributed by atoms with Gasteiger partial charge in [-0.3, -0.25) is 14.8 Å². The zero-order valence-corrected chi connectivity index (χ0v) is 19.7. The molecule has 0 radical (unpaired) electrons. The van der Waals surface area contributed by atoms with E-state index in [1.54, 1.807) is 24.3 Å². The Hall–Kier alpha value is -3.96. The van der Waals surface area contributed by atoms with Crippen LogP contribution in [-0.4, -0.2) is 34.3 Å². The van der Waals surface area contributed by atoms with Gasteiger partial charge in [0.2, 0.25) is 0 Å². The van der Waals surface area contributed by atoms with Crippen LogP contribution < -0.4 is 16.1 Å². The number of hydroxylamine groups is 1. The highest BCUT2D eigenvalue weighted by Gasteiger charge is 2.25. The predicted molar refractivity (Wildman–Crippen MR) is 140 cm³/mol. The topological polar surface area (TPSA) is 111 Å². The van der Waals surface area contributed by atoms with E-state index < -0.39 is 24.0 Å². The largest absolute Gasteiger partial charge is 0.391 e. The fraction of sp³-hybridized carbons (Fsp3) is 0.241. The summed E-state index contributed by atoms with van der Waals surface area (Å²) in [7, 11) is 0. The standard InChI is InChI=1S/C28H29N3O4.CH4/c1-19-5-3-4-6-25(19)18-29-17-23-11-9-21(10-12-23)7-8-22-13-15-24(16-14-22)27(33)30-26(20(2)32)28(34)31-35;/h3-6,9-16,20,26,29,32,35H,17-18H2,1-2H3,(H,30,33)(H,31,34);1H4/t20-,26+;/m1./s1. The van der Waals surface area contributed by atoms with Gasteiger partial charge in [0.05, 0.1) is 6.10 Å². The molecular weight excluding hydrogens is 454 g/mol. The molecule has 0 aliphatic heterocycles. The van der Waals surface area contributed by atoms with Crippen LogP contribution in [0, 0.1) is 18.8 Å². The molecule has 0 unspecified atom stereocenters. The highest BCUT2D eigenvalue weighted by molar-refractivity contribution is 5.97. The van der Waals surface area contributed by atoms with E-state index in [-0.39, 0.29) is 7.43 Å². The minimum absolute atomic E-state index is 0. The summed E-state index contributed by atoms with van der Waals surface area (Å²) in [5.74, 6) is 4.73. The van der Waals surface area contributed by atoms with Crippen molar-refractivity contribution >= 4 is 11.8 Å². The average Bonchev–Trinajstić information content (AvgIpc) is 2.87. The molecular formula is C29H33N3O4. The lowest BCUT2D eigenvalue weighted by molar-refractivity contribution is -0.133. The molecule has 7 nitrogen and oxygen atoms in total. The van der Waals surface area contributed by atoms with Crippen LogP contribution >= 0.6 is 0 Å². The monoisotopic (exact) mass is 487 g/mol. The maximum atomic E-state index is 12.3. The lowest BCUT2D eigenvalue weighted by Crippen LogP contribution is -2.51. The van der Waals surface area contributed by atoms with Crippen molar-refractivity contribution in [2.75, 3.05) is 0 Å². The Morgan fingerprint density at radius 3 is 2.03 bits per heavy atom. The molecule has 7 heteroatoms. The smallest absolute Gasteiger partial charge is 0.268 e. The lowest BCUT2D eigenvalue weighted by Gasteiger charge is -2.19. The van der Waals surface area contributed by atoms with Gasteiger partial charge in [0.15, 0.2) is 0 Å². The van der Waals surface area contributed by atoms with Crippen LogP contribution in [-0.2, 0) is 17.9 Å².